The fourth-order valence-corrected chi connectivity index (χ4v) is 1.95. The second kappa shape index (κ2) is 8.49. The van der Waals surface area contributed by atoms with Gasteiger partial charge in [0, 0.05) is 26.3 Å². The number of amides is 2. The topological polar surface area (TPSA) is 67.9 Å². The van der Waals surface area contributed by atoms with E-state index in [1.54, 1.807) is 25.3 Å². The molecule has 0 unspecified atom stereocenters. The first-order valence-corrected chi connectivity index (χ1v) is 6.74. The SMILES string of the molecule is COCCNC(=O)CN(C(C)=O)c1ccc(OC)c(Cl)c1. The van der Waals surface area contributed by atoms with E-state index in [0.29, 0.717) is 29.6 Å². The van der Waals surface area contributed by atoms with Crippen molar-refractivity contribution in [1.82, 2.24) is 5.32 Å². The normalized spacial score (nSPS) is 10.1. The highest BCUT2D eigenvalue weighted by Crippen LogP contribution is 2.29. The van der Waals surface area contributed by atoms with E-state index in [0.717, 1.165) is 0 Å². The van der Waals surface area contributed by atoms with Gasteiger partial charge in [0.05, 0.1) is 18.7 Å². The Kier molecular flexibility index (Phi) is 6.98. The highest BCUT2D eigenvalue weighted by atomic mass is 35.5. The highest BCUT2D eigenvalue weighted by Gasteiger charge is 2.16. The molecule has 1 rings (SSSR count). The number of nitrogens with one attached hydrogen (secondary N) is 1. The van der Waals surface area contributed by atoms with Gasteiger partial charge in [-0.3, -0.25) is 9.59 Å². The first-order chi connectivity index (χ1) is 9.99. The minimum atomic E-state index is -0.269. The number of hydrogen-bond donors (Lipinski definition) is 1. The van der Waals surface area contributed by atoms with Crippen LogP contribution in [0.2, 0.25) is 5.02 Å². The van der Waals surface area contributed by atoms with Gasteiger partial charge in [-0.05, 0) is 18.2 Å². The molecule has 0 bridgehead atoms. The van der Waals surface area contributed by atoms with Crippen LogP contribution in [0.5, 0.6) is 5.75 Å². The predicted octanol–water partition coefficient (Wildman–Crippen LogP) is 1.46. The van der Waals surface area contributed by atoms with Gasteiger partial charge in [0.1, 0.15) is 12.3 Å². The third kappa shape index (κ3) is 5.24. The van der Waals surface area contributed by atoms with E-state index < -0.39 is 0 Å². The molecule has 1 N–H and O–H groups in total. The molecule has 0 heterocycles. The van der Waals surface area contributed by atoms with E-state index in [2.05, 4.69) is 5.32 Å². The summed E-state index contributed by atoms with van der Waals surface area (Å²) in [6.07, 6.45) is 0. The van der Waals surface area contributed by atoms with Crippen LogP contribution in [0.3, 0.4) is 0 Å². The van der Waals surface area contributed by atoms with E-state index in [9.17, 15) is 9.59 Å². The molecule has 116 valence electrons. The molecule has 0 atom stereocenters. The number of hydrogen-bond acceptors (Lipinski definition) is 4. The van der Waals surface area contributed by atoms with Crippen molar-refractivity contribution in [1.29, 1.82) is 0 Å². The molecule has 0 aliphatic heterocycles. The summed E-state index contributed by atoms with van der Waals surface area (Å²) < 4.78 is 9.90. The molecule has 1 aromatic rings. The Labute approximate surface area is 129 Å². The van der Waals surface area contributed by atoms with Crippen molar-refractivity contribution < 1.29 is 19.1 Å². The molecule has 0 saturated heterocycles. The van der Waals surface area contributed by atoms with Gasteiger partial charge in [0.25, 0.3) is 0 Å². The van der Waals surface area contributed by atoms with Gasteiger partial charge in [-0.15, -0.1) is 0 Å². The van der Waals surface area contributed by atoms with Crippen LogP contribution < -0.4 is 15.0 Å². The monoisotopic (exact) mass is 314 g/mol. The summed E-state index contributed by atoms with van der Waals surface area (Å²) in [4.78, 5) is 24.9. The lowest BCUT2D eigenvalue weighted by molar-refractivity contribution is -0.123. The number of methoxy groups -OCH3 is 2. The summed E-state index contributed by atoms with van der Waals surface area (Å²) in [6, 6.07) is 4.91. The number of carbonyl (C=O) groups is 2. The zero-order chi connectivity index (χ0) is 15.8. The van der Waals surface area contributed by atoms with Crippen LogP contribution in [-0.2, 0) is 14.3 Å². The number of benzene rings is 1. The zero-order valence-electron chi connectivity index (χ0n) is 12.3. The molecule has 0 spiro atoms. The Morgan fingerprint density at radius 2 is 2.05 bits per heavy atom. The van der Waals surface area contributed by atoms with Crippen molar-refractivity contribution in [3.05, 3.63) is 23.2 Å². The molecule has 7 heteroatoms. The summed E-state index contributed by atoms with van der Waals surface area (Å²) in [5, 5.41) is 3.04. The number of ether oxygens (including phenoxy) is 2. The van der Waals surface area contributed by atoms with Crippen LogP contribution in [-0.4, -0.2) is 45.7 Å². The summed E-state index contributed by atoms with van der Waals surface area (Å²) in [7, 11) is 3.06. The Bertz CT molecular complexity index is 508. The molecule has 2 amide bonds. The summed E-state index contributed by atoms with van der Waals surface area (Å²) in [5.74, 6) is -0.0132. The van der Waals surface area contributed by atoms with E-state index in [1.807, 2.05) is 0 Å². The molecule has 0 radical (unpaired) electrons. The Balaban J connectivity index is 2.80. The van der Waals surface area contributed by atoms with Gasteiger partial charge in [0.2, 0.25) is 11.8 Å². The maximum Gasteiger partial charge on any atom is 0.240 e. The van der Waals surface area contributed by atoms with Gasteiger partial charge in [0.15, 0.2) is 0 Å². The maximum atomic E-state index is 11.8. The molecule has 1 aromatic carbocycles. The van der Waals surface area contributed by atoms with Crippen LogP contribution in [0.25, 0.3) is 0 Å². The van der Waals surface area contributed by atoms with Crippen molar-refractivity contribution in [3.63, 3.8) is 0 Å². The molecule has 0 aliphatic carbocycles. The number of halogens is 1. The minimum absolute atomic E-state index is 0.0816. The Hall–Kier alpha value is -1.79. The van der Waals surface area contributed by atoms with E-state index in [1.165, 1.54) is 18.9 Å². The smallest absolute Gasteiger partial charge is 0.240 e. The van der Waals surface area contributed by atoms with Gasteiger partial charge >= 0.3 is 0 Å². The molecule has 0 saturated carbocycles. The number of nitrogens with zero attached hydrogens (tertiary/aromatic N) is 1. The first-order valence-electron chi connectivity index (χ1n) is 6.37. The molecule has 0 aliphatic rings. The molecule has 21 heavy (non-hydrogen) atoms. The Morgan fingerprint density at radius 1 is 1.33 bits per heavy atom. The predicted molar refractivity (Wildman–Crippen MR) is 80.9 cm³/mol. The van der Waals surface area contributed by atoms with Gasteiger partial charge in [-0.2, -0.15) is 0 Å². The van der Waals surface area contributed by atoms with Gasteiger partial charge in [-0.25, -0.2) is 0 Å². The number of carbonyl (C=O) groups excluding carboxylic acids is 2. The number of anilines is 1. The summed E-state index contributed by atoms with van der Waals surface area (Å²) in [6.45, 7) is 2.12. The maximum absolute atomic E-state index is 11.8. The third-order valence-corrected chi connectivity index (χ3v) is 3.05. The molecule has 0 aromatic heterocycles. The van der Waals surface area contributed by atoms with Crippen molar-refractivity contribution in [2.24, 2.45) is 0 Å². The third-order valence-electron chi connectivity index (χ3n) is 2.76. The average Bonchev–Trinajstić information content (AvgIpc) is 2.44. The van der Waals surface area contributed by atoms with E-state index in [-0.39, 0.29) is 18.4 Å². The lowest BCUT2D eigenvalue weighted by atomic mass is 10.2. The summed E-state index contributed by atoms with van der Waals surface area (Å²) >= 11 is 6.04. The lowest BCUT2D eigenvalue weighted by Crippen LogP contribution is -2.40. The highest BCUT2D eigenvalue weighted by molar-refractivity contribution is 6.32. The molecular formula is C14H19ClN2O4. The lowest BCUT2D eigenvalue weighted by Gasteiger charge is -2.21. The van der Waals surface area contributed by atoms with Crippen LogP contribution in [0.4, 0.5) is 5.69 Å². The van der Waals surface area contributed by atoms with Crippen molar-refractivity contribution >= 4 is 29.1 Å². The van der Waals surface area contributed by atoms with E-state index >= 15 is 0 Å². The van der Waals surface area contributed by atoms with Crippen molar-refractivity contribution in [3.8, 4) is 5.75 Å². The zero-order valence-corrected chi connectivity index (χ0v) is 13.1. The second-order valence-corrected chi connectivity index (χ2v) is 4.67. The largest absolute Gasteiger partial charge is 0.495 e. The molecule has 6 nitrogen and oxygen atoms in total. The fourth-order valence-electron chi connectivity index (χ4n) is 1.70. The standard InChI is InChI=1S/C14H19ClN2O4/c1-10(18)17(9-14(19)16-6-7-20-2)11-4-5-13(21-3)12(15)8-11/h4-5,8H,6-7,9H2,1-3H3,(H,16,19). The van der Waals surface area contributed by atoms with Crippen LogP contribution >= 0.6 is 11.6 Å². The van der Waals surface area contributed by atoms with Crippen molar-refractivity contribution in [2.75, 3.05) is 38.8 Å². The summed E-state index contributed by atoms with van der Waals surface area (Å²) in [5.41, 5.74) is 0.537. The van der Waals surface area contributed by atoms with Crippen LogP contribution in [0.15, 0.2) is 18.2 Å². The quantitative estimate of drug-likeness (QED) is 0.774. The fraction of sp³-hybridized carbons (Fsp3) is 0.429. The van der Waals surface area contributed by atoms with Gasteiger partial charge < -0.3 is 19.7 Å². The van der Waals surface area contributed by atoms with Crippen LogP contribution in [0.1, 0.15) is 6.92 Å². The van der Waals surface area contributed by atoms with Crippen molar-refractivity contribution in [2.45, 2.75) is 6.92 Å². The number of rotatable bonds is 7. The van der Waals surface area contributed by atoms with E-state index in [4.69, 9.17) is 21.1 Å². The second-order valence-electron chi connectivity index (χ2n) is 4.27. The first kappa shape index (κ1) is 17.3. The molecule has 0 fully saturated rings. The minimum Gasteiger partial charge on any atom is -0.495 e. The van der Waals surface area contributed by atoms with Crippen LogP contribution in [0, 0.1) is 0 Å². The average molecular weight is 315 g/mol. The molecular weight excluding hydrogens is 296 g/mol. The Morgan fingerprint density at radius 3 is 2.57 bits per heavy atom. The van der Waals surface area contributed by atoms with Gasteiger partial charge in [-0.1, -0.05) is 11.6 Å².